The van der Waals surface area contributed by atoms with Crippen molar-refractivity contribution in [2.45, 2.75) is 6.92 Å². The molecule has 0 atom stereocenters. The van der Waals surface area contributed by atoms with Crippen molar-refractivity contribution in [2.75, 3.05) is 13.1 Å². The number of rotatable bonds is 3. The van der Waals surface area contributed by atoms with Crippen LogP contribution in [0.2, 0.25) is 0 Å². The number of allylic oxidation sites excluding steroid dienone is 1. The smallest absolute Gasteiger partial charge is 0.0512 e. The van der Waals surface area contributed by atoms with Crippen LogP contribution in [0.3, 0.4) is 0 Å². The minimum absolute atomic E-state index is 0.615. The Labute approximate surface area is 50.1 Å². The molecule has 0 aliphatic rings. The second kappa shape index (κ2) is 4.53. The highest BCUT2D eigenvalue weighted by Gasteiger charge is 1.72. The monoisotopic (exact) mass is 112 g/mol. The predicted molar refractivity (Wildman–Crippen MR) is 37.2 cm³/mol. The van der Waals surface area contributed by atoms with Gasteiger partial charge in [0.2, 0.25) is 0 Å². The first kappa shape index (κ1) is 7.37. The van der Waals surface area contributed by atoms with Crippen molar-refractivity contribution >= 4 is 6.21 Å². The van der Waals surface area contributed by atoms with E-state index in [1.807, 2.05) is 6.92 Å². The third-order valence-electron chi connectivity index (χ3n) is 0.570. The maximum absolute atomic E-state index is 5.17. The molecule has 0 rings (SSSR count). The van der Waals surface area contributed by atoms with E-state index in [1.165, 1.54) is 0 Å². The van der Waals surface area contributed by atoms with Crippen LogP contribution in [0.25, 0.3) is 0 Å². The zero-order valence-corrected chi connectivity index (χ0v) is 5.22. The second-order valence-electron chi connectivity index (χ2n) is 1.67. The summed E-state index contributed by atoms with van der Waals surface area (Å²) in [6.07, 6.45) is 1.73. The van der Waals surface area contributed by atoms with Crippen LogP contribution in [0.1, 0.15) is 6.92 Å². The summed E-state index contributed by atoms with van der Waals surface area (Å²) in [5.74, 6) is 0. The van der Waals surface area contributed by atoms with Gasteiger partial charge >= 0.3 is 0 Å². The molecule has 0 unspecified atom stereocenters. The molecule has 2 N–H and O–H groups in total. The lowest BCUT2D eigenvalue weighted by molar-refractivity contribution is 0.980. The fourth-order valence-corrected chi connectivity index (χ4v) is 0.295. The summed E-state index contributed by atoms with van der Waals surface area (Å²) in [7, 11) is 0. The van der Waals surface area contributed by atoms with Crippen LogP contribution in [0, 0.1) is 0 Å². The van der Waals surface area contributed by atoms with E-state index in [9.17, 15) is 0 Å². The van der Waals surface area contributed by atoms with Gasteiger partial charge in [-0.15, -0.1) is 0 Å². The maximum Gasteiger partial charge on any atom is 0.0512 e. The molecule has 0 aliphatic heterocycles. The number of nitrogens with zero attached hydrogens (tertiary/aromatic N) is 1. The van der Waals surface area contributed by atoms with E-state index in [1.54, 1.807) is 6.21 Å². The molecule has 0 aromatic rings. The van der Waals surface area contributed by atoms with Gasteiger partial charge in [0.25, 0.3) is 0 Å². The van der Waals surface area contributed by atoms with Crippen LogP contribution >= 0.6 is 0 Å². The van der Waals surface area contributed by atoms with Crippen LogP contribution in [-0.4, -0.2) is 19.3 Å². The van der Waals surface area contributed by atoms with Gasteiger partial charge in [-0.1, -0.05) is 6.58 Å². The third kappa shape index (κ3) is 5.37. The maximum atomic E-state index is 5.17. The van der Waals surface area contributed by atoms with Crippen LogP contribution in [-0.2, 0) is 0 Å². The van der Waals surface area contributed by atoms with Crippen molar-refractivity contribution in [1.82, 2.24) is 0 Å². The highest BCUT2D eigenvalue weighted by Crippen LogP contribution is 1.77. The van der Waals surface area contributed by atoms with Gasteiger partial charge < -0.3 is 5.73 Å². The van der Waals surface area contributed by atoms with Gasteiger partial charge in [0.05, 0.1) is 6.54 Å². The highest BCUT2D eigenvalue weighted by atomic mass is 14.7. The summed E-state index contributed by atoms with van der Waals surface area (Å²) >= 11 is 0. The Morgan fingerprint density at radius 3 is 2.88 bits per heavy atom. The molecular weight excluding hydrogens is 100 g/mol. The van der Waals surface area contributed by atoms with Crippen molar-refractivity contribution in [3.8, 4) is 0 Å². The molecule has 0 saturated heterocycles. The number of aliphatic imine (C=N–C) groups is 1. The van der Waals surface area contributed by atoms with Gasteiger partial charge in [-0.3, -0.25) is 4.99 Å². The Balaban J connectivity index is 3.20. The van der Waals surface area contributed by atoms with Crippen LogP contribution in [0.4, 0.5) is 0 Å². The van der Waals surface area contributed by atoms with E-state index in [4.69, 9.17) is 5.73 Å². The van der Waals surface area contributed by atoms with Gasteiger partial charge in [0.15, 0.2) is 0 Å². The molecule has 0 saturated carbocycles. The zero-order valence-electron chi connectivity index (χ0n) is 5.22. The van der Waals surface area contributed by atoms with Crippen molar-refractivity contribution in [3.63, 3.8) is 0 Å². The molecule has 0 heterocycles. The van der Waals surface area contributed by atoms with E-state index in [0.29, 0.717) is 13.1 Å². The number of nitrogens with two attached hydrogens (primary N) is 1. The van der Waals surface area contributed by atoms with Gasteiger partial charge in [-0.25, -0.2) is 0 Å². The Morgan fingerprint density at radius 1 is 1.88 bits per heavy atom. The van der Waals surface area contributed by atoms with E-state index < -0.39 is 0 Å². The topological polar surface area (TPSA) is 38.4 Å². The molecule has 0 aromatic heterocycles. The average Bonchev–Trinajstić information content (AvgIpc) is 1.66. The first-order valence-corrected chi connectivity index (χ1v) is 2.62. The molecular formula is C6H12N2. The Bertz CT molecular complexity index is 94.7. The summed E-state index contributed by atoms with van der Waals surface area (Å²) in [5, 5.41) is 0. The fourth-order valence-electron chi connectivity index (χ4n) is 0.295. The van der Waals surface area contributed by atoms with E-state index in [-0.39, 0.29) is 0 Å². The molecule has 2 nitrogen and oxygen atoms in total. The standard InChI is InChI=1S/C6H12N2/c1-6(2)5-8-4-3-7/h5H,1,3-4,7H2,2H3. The zero-order chi connectivity index (χ0) is 6.41. The lowest BCUT2D eigenvalue weighted by Crippen LogP contribution is -2.02. The highest BCUT2D eigenvalue weighted by molar-refractivity contribution is 5.76. The minimum atomic E-state index is 0.615. The molecule has 0 radical (unpaired) electrons. The normalized spacial score (nSPS) is 10.2. The first-order chi connectivity index (χ1) is 3.77. The summed E-state index contributed by atoms with van der Waals surface area (Å²) in [6, 6.07) is 0. The van der Waals surface area contributed by atoms with Gasteiger partial charge in [-0.2, -0.15) is 0 Å². The lowest BCUT2D eigenvalue weighted by Gasteiger charge is -1.84. The first-order valence-electron chi connectivity index (χ1n) is 2.62. The number of hydrogen-bond donors (Lipinski definition) is 1. The number of hydrogen-bond acceptors (Lipinski definition) is 2. The van der Waals surface area contributed by atoms with E-state index in [2.05, 4.69) is 11.6 Å². The Hall–Kier alpha value is -0.630. The quantitative estimate of drug-likeness (QED) is 0.533. The molecule has 8 heavy (non-hydrogen) atoms. The Morgan fingerprint density at radius 2 is 2.50 bits per heavy atom. The van der Waals surface area contributed by atoms with Crippen LogP contribution < -0.4 is 5.73 Å². The molecule has 46 valence electrons. The summed E-state index contributed by atoms with van der Waals surface area (Å²) in [6.45, 7) is 6.86. The van der Waals surface area contributed by atoms with Crippen LogP contribution in [0.15, 0.2) is 17.1 Å². The van der Waals surface area contributed by atoms with Crippen molar-refractivity contribution in [2.24, 2.45) is 10.7 Å². The molecule has 0 spiro atoms. The summed E-state index contributed by atoms with van der Waals surface area (Å²) in [5.41, 5.74) is 6.14. The van der Waals surface area contributed by atoms with E-state index in [0.717, 1.165) is 5.57 Å². The molecule has 0 bridgehead atoms. The van der Waals surface area contributed by atoms with Gasteiger partial charge in [-0.05, 0) is 12.5 Å². The summed E-state index contributed by atoms with van der Waals surface area (Å²) < 4.78 is 0. The second-order valence-corrected chi connectivity index (χ2v) is 1.67. The fraction of sp³-hybridized carbons (Fsp3) is 0.500. The molecule has 0 amide bonds. The SMILES string of the molecule is C=C(C)C=NCCN. The Kier molecular flexibility index (Phi) is 4.17. The van der Waals surface area contributed by atoms with Crippen molar-refractivity contribution in [1.29, 1.82) is 0 Å². The largest absolute Gasteiger partial charge is 0.329 e. The predicted octanol–water partition coefficient (Wildman–Crippen LogP) is 0.592. The van der Waals surface area contributed by atoms with Crippen molar-refractivity contribution in [3.05, 3.63) is 12.2 Å². The molecule has 0 aliphatic carbocycles. The molecule has 2 heteroatoms. The molecule has 0 fully saturated rings. The average molecular weight is 112 g/mol. The van der Waals surface area contributed by atoms with Crippen LogP contribution in [0.5, 0.6) is 0 Å². The van der Waals surface area contributed by atoms with Gasteiger partial charge in [0.1, 0.15) is 0 Å². The van der Waals surface area contributed by atoms with Gasteiger partial charge in [0, 0.05) is 12.8 Å². The summed E-state index contributed by atoms with van der Waals surface area (Å²) in [4.78, 5) is 3.94. The molecule has 0 aromatic carbocycles. The van der Waals surface area contributed by atoms with E-state index >= 15 is 0 Å². The lowest BCUT2D eigenvalue weighted by atomic mass is 10.4. The third-order valence-corrected chi connectivity index (χ3v) is 0.570. The van der Waals surface area contributed by atoms with Crippen molar-refractivity contribution < 1.29 is 0 Å². The minimum Gasteiger partial charge on any atom is -0.329 e.